The van der Waals surface area contributed by atoms with Crippen molar-refractivity contribution in [3.8, 4) is 0 Å². The molecule has 0 aromatic carbocycles. The fourth-order valence-electron chi connectivity index (χ4n) is 2.27. The zero-order valence-electron chi connectivity index (χ0n) is 9.56. The fraction of sp³-hybridized carbons (Fsp3) is 0.462. The largest absolute Gasteiger partial charge is 0.469 e. The van der Waals surface area contributed by atoms with Gasteiger partial charge in [0.15, 0.2) is 0 Å². The van der Waals surface area contributed by atoms with Crippen molar-refractivity contribution in [2.45, 2.75) is 19.3 Å². The Morgan fingerprint density at radius 1 is 1.69 bits per heavy atom. The summed E-state index contributed by atoms with van der Waals surface area (Å²) in [6, 6.07) is 3.89. The SMILES string of the molecule is C=CC(=O)N1CCC(C)C(c2ccco2)C1. The molecule has 2 heterocycles. The highest BCUT2D eigenvalue weighted by molar-refractivity contribution is 5.87. The molecule has 2 atom stereocenters. The quantitative estimate of drug-likeness (QED) is 0.716. The van der Waals surface area contributed by atoms with E-state index in [0.717, 1.165) is 25.3 Å². The average Bonchev–Trinajstić information content (AvgIpc) is 2.82. The van der Waals surface area contributed by atoms with Crippen LogP contribution in [-0.2, 0) is 4.79 Å². The predicted molar refractivity (Wildman–Crippen MR) is 62.0 cm³/mol. The van der Waals surface area contributed by atoms with E-state index in [1.807, 2.05) is 17.0 Å². The standard InChI is InChI=1S/C13H17NO2/c1-3-13(15)14-7-6-10(2)11(9-14)12-5-4-8-16-12/h3-5,8,10-11H,1,6-7,9H2,2H3. The molecule has 2 rings (SSSR count). The van der Waals surface area contributed by atoms with E-state index in [9.17, 15) is 4.79 Å². The van der Waals surface area contributed by atoms with Crippen molar-refractivity contribution >= 4 is 5.91 Å². The topological polar surface area (TPSA) is 33.5 Å². The highest BCUT2D eigenvalue weighted by atomic mass is 16.3. The lowest BCUT2D eigenvalue weighted by Crippen LogP contribution is -2.41. The first-order chi connectivity index (χ1) is 7.72. The molecule has 3 nitrogen and oxygen atoms in total. The summed E-state index contributed by atoms with van der Waals surface area (Å²) in [7, 11) is 0. The van der Waals surface area contributed by atoms with Gasteiger partial charge in [0.1, 0.15) is 5.76 Å². The Bertz CT molecular complexity index is 369. The summed E-state index contributed by atoms with van der Waals surface area (Å²) >= 11 is 0. The maximum absolute atomic E-state index is 11.6. The smallest absolute Gasteiger partial charge is 0.245 e. The van der Waals surface area contributed by atoms with Crippen molar-refractivity contribution in [2.24, 2.45) is 5.92 Å². The van der Waals surface area contributed by atoms with E-state index >= 15 is 0 Å². The molecule has 1 fully saturated rings. The Kier molecular flexibility index (Phi) is 3.13. The second-order valence-corrected chi connectivity index (χ2v) is 4.38. The lowest BCUT2D eigenvalue weighted by Gasteiger charge is -2.35. The van der Waals surface area contributed by atoms with Gasteiger partial charge in [-0.15, -0.1) is 0 Å². The molecule has 0 aliphatic carbocycles. The minimum atomic E-state index is 0.0171. The van der Waals surface area contributed by atoms with Crippen molar-refractivity contribution in [3.05, 3.63) is 36.8 Å². The van der Waals surface area contributed by atoms with Crippen LogP contribution in [0.15, 0.2) is 35.5 Å². The lowest BCUT2D eigenvalue weighted by atomic mass is 9.85. The summed E-state index contributed by atoms with van der Waals surface area (Å²) in [5.41, 5.74) is 0. The molecule has 0 radical (unpaired) electrons. The van der Waals surface area contributed by atoms with Crippen molar-refractivity contribution < 1.29 is 9.21 Å². The van der Waals surface area contributed by atoms with E-state index in [-0.39, 0.29) is 5.91 Å². The van der Waals surface area contributed by atoms with Gasteiger partial charge in [0, 0.05) is 19.0 Å². The molecule has 1 aromatic heterocycles. The van der Waals surface area contributed by atoms with Crippen LogP contribution >= 0.6 is 0 Å². The molecule has 1 amide bonds. The van der Waals surface area contributed by atoms with Gasteiger partial charge in [-0.25, -0.2) is 0 Å². The second kappa shape index (κ2) is 4.56. The van der Waals surface area contributed by atoms with Crippen molar-refractivity contribution in [2.75, 3.05) is 13.1 Å². The average molecular weight is 219 g/mol. The Hall–Kier alpha value is -1.51. The minimum Gasteiger partial charge on any atom is -0.469 e. The van der Waals surface area contributed by atoms with Gasteiger partial charge in [0.2, 0.25) is 5.91 Å². The molecule has 1 aromatic rings. The normalized spacial score (nSPS) is 25.4. The van der Waals surface area contributed by atoms with Gasteiger partial charge < -0.3 is 9.32 Å². The monoisotopic (exact) mass is 219 g/mol. The molecule has 16 heavy (non-hydrogen) atoms. The third-order valence-electron chi connectivity index (χ3n) is 3.35. The zero-order chi connectivity index (χ0) is 11.5. The second-order valence-electron chi connectivity index (χ2n) is 4.38. The van der Waals surface area contributed by atoms with Crippen LogP contribution in [0.25, 0.3) is 0 Å². The summed E-state index contributed by atoms with van der Waals surface area (Å²) in [6.45, 7) is 7.30. The van der Waals surface area contributed by atoms with Crippen LogP contribution in [0.1, 0.15) is 25.0 Å². The van der Waals surface area contributed by atoms with E-state index in [1.54, 1.807) is 6.26 Å². The Balaban J connectivity index is 2.12. The highest BCUT2D eigenvalue weighted by Crippen LogP contribution is 2.32. The number of likely N-dealkylation sites (tertiary alicyclic amines) is 1. The minimum absolute atomic E-state index is 0.0171. The third kappa shape index (κ3) is 2.03. The van der Waals surface area contributed by atoms with E-state index in [2.05, 4.69) is 13.5 Å². The van der Waals surface area contributed by atoms with Crippen molar-refractivity contribution in [1.29, 1.82) is 0 Å². The molecule has 1 saturated heterocycles. The van der Waals surface area contributed by atoms with Gasteiger partial charge in [0.25, 0.3) is 0 Å². The third-order valence-corrected chi connectivity index (χ3v) is 3.35. The van der Waals surface area contributed by atoms with Crippen LogP contribution in [0.3, 0.4) is 0 Å². The molecule has 0 saturated carbocycles. The van der Waals surface area contributed by atoms with Gasteiger partial charge in [-0.2, -0.15) is 0 Å². The molecular formula is C13H17NO2. The molecule has 0 bridgehead atoms. The van der Waals surface area contributed by atoms with Crippen LogP contribution < -0.4 is 0 Å². The van der Waals surface area contributed by atoms with Gasteiger partial charge in [-0.05, 0) is 30.5 Å². The van der Waals surface area contributed by atoms with Gasteiger partial charge in [-0.3, -0.25) is 4.79 Å². The molecular weight excluding hydrogens is 202 g/mol. The maximum Gasteiger partial charge on any atom is 0.245 e. The zero-order valence-corrected chi connectivity index (χ0v) is 9.56. The van der Waals surface area contributed by atoms with Crippen LogP contribution in [0.5, 0.6) is 0 Å². The molecule has 0 N–H and O–H groups in total. The van der Waals surface area contributed by atoms with Crippen LogP contribution in [0, 0.1) is 5.92 Å². The van der Waals surface area contributed by atoms with Crippen LogP contribution in [0.4, 0.5) is 0 Å². The summed E-state index contributed by atoms with van der Waals surface area (Å²) in [5.74, 6) is 1.87. The number of furan rings is 1. The fourth-order valence-corrected chi connectivity index (χ4v) is 2.27. The van der Waals surface area contributed by atoms with Crippen LogP contribution in [0.2, 0.25) is 0 Å². The molecule has 2 unspecified atom stereocenters. The molecule has 0 spiro atoms. The summed E-state index contributed by atoms with van der Waals surface area (Å²) in [6.07, 6.45) is 4.09. The van der Waals surface area contributed by atoms with E-state index in [1.165, 1.54) is 6.08 Å². The number of carbonyl (C=O) groups excluding carboxylic acids is 1. The molecule has 3 heteroatoms. The van der Waals surface area contributed by atoms with Gasteiger partial charge in [-0.1, -0.05) is 13.5 Å². The summed E-state index contributed by atoms with van der Waals surface area (Å²) in [5, 5.41) is 0. The first-order valence-corrected chi connectivity index (χ1v) is 5.67. The Morgan fingerprint density at radius 2 is 2.50 bits per heavy atom. The van der Waals surface area contributed by atoms with E-state index in [0.29, 0.717) is 11.8 Å². The number of carbonyl (C=O) groups is 1. The number of rotatable bonds is 2. The Labute approximate surface area is 95.7 Å². The van der Waals surface area contributed by atoms with Crippen LogP contribution in [-0.4, -0.2) is 23.9 Å². The summed E-state index contributed by atoms with van der Waals surface area (Å²) in [4.78, 5) is 13.4. The number of hydrogen-bond donors (Lipinski definition) is 0. The van der Waals surface area contributed by atoms with Gasteiger partial charge >= 0.3 is 0 Å². The number of hydrogen-bond acceptors (Lipinski definition) is 2. The summed E-state index contributed by atoms with van der Waals surface area (Å²) < 4.78 is 5.44. The number of amides is 1. The predicted octanol–water partition coefficient (Wildman–Crippen LogP) is 2.42. The first-order valence-electron chi connectivity index (χ1n) is 5.67. The number of nitrogens with zero attached hydrogens (tertiary/aromatic N) is 1. The lowest BCUT2D eigenvalue weighted by molar-refractivity contribution is -0.127. The first kappa shape index (κ1) is 11.0. The molecule has 86 valence electrons. The van der Waals surface area contributed by atoms with E-state index in [4.69, 9.17) is 4.42 Å². The van der Waals surface area contributed by atoms with Crippen molar-refractivity contribution in [1.82, 2.24) is 4.90 Å². The van der Waals surface area contributed by atoms with Gasteiger partial charge in [0.05, 0.1) is 6.26 Å². The van der Waals surface area contributed by atoms with Crippen molar-refractivity contribution in [3.63, 3.8) is 0 Å². The molecule has 1 aliphatic heterocycles. The van der Waals surface area contributed by atoms with E-state index < -0.39 is 0 Å². The maximum atomic E-state index is 11.6. The molecule has 1 aliphatic rings. The number of piperidine rings is 1. The Morgan fingerprint density at radius 3 is 3.12 bits per heavy atom. The highest BCUT2D eigenvalue weighted by Gasteiger charge is 2.30.